The molecule has 1 fully saturated rings. The fourth-order valence-corrected chi connectivity index (χ4v) is 3.73. The molecule has 114 valence electrons. The quantitative estimate of drug-likeness (QED) is 0.698. The van der Waals surface area contributed by atoms with Crippen LogP contribution in [0.3, 0.4) is 0 Å². The van der Waals surface area contributed by atoms with Crippen molar-refractivity contribution < 1.29 is 9.53 Å². The van der Waals surface area contributed by atoms with Gasteiger partial charge in [-0.1, -0.05) is 62.4 Å². The summed E-state index contributed by atoms with van der Waals surface area (Å²) in [7, 11) is 0. The predicted molar refractivity (Wildman–Crippen MR) is 86.6 cm³/mol. The molecule has 1 aliphatic carbocycles. The zero-order valence-electron chi connectivity index (χ0n) is 13.2. The number of carbonyl (C=O) groups is 1. The van der Waals surface area contributed by atoms with Gasteiger partial charge in [0, 0.05) is 11.0 Å². The summed E-state index contributed by atoms with van der Waals surface area (Å²) in [6, 6.07) is 18.8. The summed E-state index contributed by atoms with van der Waals surface area (Å²) in [5, 5.41) is 0. The molecular weight excluding hydrogens is 274 g/mol. The van der Waals surface area contributed by atoms with Gasteiger partial charge in [-0.05, 0) is 24.6 Å². The molecule has 0 aromatic heterocycles. The maximum atomic E-state index is 13.0. The highest BCUT2D eigenvalue weighted by molar-refractivity contribution is 5.94. The first kappa shape index (κ1) is 14.8. The molecule has 2 aromatic rings. The zero-order valence-corrected chi connectivity index (χ0v) is 13.2. The molecule has 0 heterocycles. The van der Waals surface area contributed by atoms with Crippen LogP contribution in [0.2, 0.25) is 0 Å². The number of hydrogen-bond acceptors (Lipinski definition) is 3. The molecule has 0 amide bonds. The van der Waals surface area contributed by atoms with Crippen LogP contribution in [0.5, 0.6) is 5.75 Å². The van der Waals surface area contributed by atoms with Crippen molar-refractivity contribution in [3.8, 4) is 5.75 Å². The molecule has 3 nitrogen and oxygen atoms in total. The van der Waals surface area contributed by atoms with Crippen molar-refractivity contribution in [2.45, 2.75) is 31.7 Å². The van der Waals surface area contributed by atoms with E-state index in [4.69, 9.17) is 10.5 Å². The van der Waals surface area contributed by atoms with Gasteiger partial charge in [0.25, 0.3) is 0 Å². The maximum absolute atomic E-state index is 13.0. The van der Waals surface area contributed by atoms with Crippen molar-refractivity contribution >= 4 is 5.97 Å². The molecular formula is C19H21NO2. The first-order chi connectivity index (χ1) is 10.4. The van der Waals surface area contributed by atoms with Crippen molar-refractivity contribution in [2.75, 3.05) is 0 Å². The smallest absolute Gasteiger partial charge is 0.324 e. The van der Waals surface area contributed by atoms with Gasteiger partial charge in [-0.2, -0.15) is 0 Å². The number of nitrogens with two attached hydrogens (primary N) is 1. The third-order valence-electron chi connectivity index (χ3n) is 5.42. The fraction of sp³-hybridized carbons (Fsp3) is 0.316. The molecule has 0 radical (unpaired) electrons. The lowest BCUT2D eigenvalue weighted by molar-refractivity contribution is -0.138. The van der Waals surface area contributed by atoms with Gasteiger partial charge in [-0.15, -0.1) is 0 Å². The van der Waals surface area contributed by atoms with E-state index in [1.165, 1.54) is 0 Å². The average Bonchev–Trinajstić information content (AvgIpc) is 2.87. The van der Waals surface area contributed by atoms with Crippen LogP contribution >= 0.6 is 0 Å². The third-order valence-corrected chi connectivity index (χ3v) is 5.42. The van der Waals surface area contributed by atoms with Gasteiger partial charge in [-0.3, -0.25) is 4.79 Å². The van der Waals surface area contributed by atoms with Crippen LogP contribution in [0, 0.1) is 5.41 Å². The number of para-hydroxylation sites is 1. The van der Waals surface area contributed by atoms with Crippen molar-refractivity contribution in [3.63, 3.8) is 0 Å². The Balaban J connectivity index is 2.04. The molecule has 1 saturated carbocycles. The number of hydrogen-bond donors (Lipinski definition) is 1. The lowest BCUT2D eigenvalue weighted by Gasteiger charge is -2.20. The maximum Gasteiger partial charge on any atom is 0.324 e. The molecule has 2 N–H and O–H groups in total. The van der Waals surface area contributed by atoms with Crippen molar-refractivity contribution in [2.24, 2.45) is 11.1 Å². The fourth-order valence-electron chi connectivity index (χ4n) is 3.73. The van der Waals surface area contributed by atoms with Gasteiger partial charge < -0.3 is 10.5 Å². The molecule has 0 bridgehead atoms. The van der Waals surface area contributed by atoms with Crippen LogP contribution in [0.1, 0.15) is 26.3 Å². The van der Waals surface area contributed by atoms with E-state index in [1.54, 1.807) is 12.1 Å². The van der Waals surface area contributed by atoms with Crippen LogP contribution in [-0.4, -0.2) is 11.5 Å². The number of ether oxygens (including phenoxy) is 1. The minimum atomic E-state index is -0.836. The van der Waals surface area contributed by atoms with Gasteiger partial charge in [0.2, 0.25) is 0 Å². The molecule has 1 aliphatic rings. The summed E-state index contributed by atoms with van der Waals surface area (Å²) in [5.41, 5.74) is 5.54. The van der Waals surface area contributed by atoms with E-state index in [9.17, 15) is 4.79 Å². The van der Waals surface area contributed by atoms with Crippen LogP contribution in [0.25, 0.3) is 0 Å². The Morgan fingerprint density at radius 3 is 1.82 bits per heavy atom. The van der Waals surface area contributed by atoms with Gasteiger partial charge in [0.15, 0.2) is 0 Å². The second-order valence-electron chi connectivity index (χ2n) is 6.65. The highest BCUT2D eigenvalue weighted by Gasteiger charge is 2.83. The Labute approximate surface area is 131 Å². The minimum absolute atomic E-state index is 0.292. The Kier molecular flexibility index (Phi) is 3.15. The average molecular weight is 295 g/mol. The molecule has 3 rings (SSSR count). The van der Waals surface area contributed by atoms with E-state index in [2.05, 4.69) is 0 Å². The Bertz CT molecular complexity index is 676. The van der Waals surface area contributed by atoms with Crippen molar-refractivity contribution in [1.82, 2.24) is 0 Å². The summed E-state index contributed by atoms with van der Waals surface area (Å²) < 4.78 is 5.65. The van der Waals surface area contributed by atoms with Crippen molar-refractivity contribution in [1.29, 1.82) is 0 Å². The summed E-state index contributed by atoms with van der Waals surface area (Å²) in [6.07, 6.45) is 0. The number of carbonyl (C=O) groups excluding carboxylic acids is 1. The number of benzene rings is 2. The summed E-state index contributed by atoms with van der Waals surface area (Å²) in [4.78, 5) is 13.0. The minimum Gasteiger partial charge on any atom is -0.426 e. The van der Waals surface area contributed by atoms with Crippen LogP contribution in [0.15, 0.2) is 60.7 Å². The predicted octanol–water partition coefficient (Wildman–Crippen LogP) is 3.29. The second kappa shape index (κ2) is 4.68. The molecule has 0 saturated heterocycles. The van der Waals surface area contributed by atoms with Crippen LogP contribution < -0.4 is 10.5 Å². The van der Waals surface area contributed by atoms with E-state index in [-0.39, 0.29) is 11.4 Å². The molecule has 22 heavy (non-hydrogen) atoms. The monoisotopic (exact) mass is 295 g/mol. The van der Waals surface area contributed by atoms with Crippen LogP contribution in [0.4, 0.5) is 0 Å². The van der Waals surface area contributed by atoms with E-state index >= 15 is 0 Å². The van der Waals surface area contributed by atoms with E-state index < -0.39 is 11.0 Å². The van der Waals surface area contributed by atoms with Crippen molar-refractivity contribution in [3.05, 3.63) is 66.2 Å². The summed E-state index contributed by atoms with van der Waals surface area (Å²) in [5.74, 6) is 0.251. The van der Waals surface area contributed by atoms with Gasteiger partial charge >= 0.3 is 5.97 Å². The molecule has 0 aliphatic heterocycles. The Hall–Kier alpha value is -2.13. The first-order valence-corrected chi connectivity index (χ1v) is 7.47. The van der Waals surface area contributed by atoms with Crippen LogP contribution in [-0.2, 0) is 10.2 Å². The number of esters is 1. The van der Waals surface area contributed by atoms with Gasteiger partial charge in [0.05, 0.1) is 0 Å². The molecule has 2 atom stereocenters. The lowest BCUT2D eigenvalue weighted by Crippen LogP contribution is -2.38. The highest BCUT2D eigenvalue weighted by atomic mass is 16.5. The molecule has 2 aromatic carbocycles. The standard InChI is InChI=1S/C19H21NO2/c1-17(2)18(3,20)19(17,14-10-6-4-7-11-14)16(21)22-15-12-8-5-9-13-15/h4-13H,20H2,1-3H3. The Morgan fingerprint density at radius 2 is 1.36 bits per heavy atom. The normalized spacial score (nSPS) is 28.9. The van der Waals surface area contributed by atoms with E-state index in [0.29, 0.717) is 5.75 Å². The van der Waals surface area contributed by atoms with Gasteiger partial charge in [-0.25, -0.2) is 0 Å². The lowest BCUT2D eigenvalue weighted by atomic mass is 9.87. The Morgan fingerprint density at radius 1 is 0.909 bits per heavy atom. The molecule has 0 spiro atoms. The largest absolute Gasteiger partial charge is 0.426 e. The topological polar surface area (TPSA) is 52.3 Å². The second-order valence-corrected chi connectivity index (χ2v) is 6.65. The summed E-state index contributed by atoms with van der Waals surface area (Å²) in [6.45, 7) is 5.96. The van der Waals surface area contributed by atoms with E-state index in [0.717, 1.165) is 5.56 Å². The summed E-state index contributed by atoms with van der Waals surface area (Å²) >= 11 is 0. The van der Waals surface area contributed by atoms with Gasteiger partial charge in [0.1, 0.15) is 11.2 Å². The number of rotatable bonds is 3. The highest BCUT2D eigenvalue weighted by Crippen LogP contribution is 2.71. The third kappa shape index (κ3) is 1.69. The molecule has 2 unspecified atom stereocenters. The molecule has 3 heteroatoms. The SMILES string of the molecule is CC1(C)C(C)(N)C1(C(=O)Oc1ccccc1)c1ccccc1. The zero-order chi connectivity index (χ0) is 16.0. The van der Waals surface area contributed by atoms with E-state index in [1.807, 2.05) is 69.3 Å². The first-order valence-electron chi connectivity index (χ1n) is 7.47.